The first-order chi connectivity index (χ1) is 8.99. The van der Waals surface area contributed by atoms with Crippen molar-refractivity contribution < 1.29 is 0 Å². The molecule has 0 amide bonds. The second kappa shape index (κ2) is 8.14. The maximum absolute atomic E-state index is 5.81. The van der Waals surface area contributed by atoms with Crippen molar-refractivity contribution in [2.45, 2.75) is 32.4 Å². The number of thiophene rings is 1. The monoisotopic (exact) mass is 283 g/mol. The van der Waals surface area contributed by atoms with E-state index in [0.717, 1.165) is 13.0 Å². The van der Waals surface area contributed by atoms with Crippen LogP contribution in [0.1, 0.15) is 18.7 Å². The first-order valence-electron chi connectivity index (χ1n) is 6.52. The van der Waals surface area contributed by atoms with Gasteiger partial charge in [0, 0.05) is 23.5 Å². The van der Waals surface area contributed by atoms with Crippen molar-refractivity contribution in [2.75, 3.05) is 20.3 Å². The fraction of sp³-hybridized carbons (Fsp3) is 0.615. The Morgan fingerprint density at radius 2 is 2.26 bits per heavy atom. The summed E-state index contributed by atoms with van der Waals surface area (Å²) in [5.74, 6) is 0.452. The summed E-state index contributed by atoms with van der Waals surface area (Å²) in [5, 5.41) is 5.18. The highest BCUT2D eigenvalue weighted by molar-refractivity contribution is 7.09. The average Bonchev–Trinajstić information content (AvgIpc) is 2.86. The number of nitrogens with zero attached hydrogens (tertiary/aromatic N) is 2. The smallest absolute Gasteiger partial charge is 0.190 e. The molecular formula is C13H25N5S. The zero-order chi connectivity index (χ0) is 14.3. The van der Waals surface area contributed by atoms with Crippen LogP contribution in [0, 0.1) is 0 Å². The molecule has 5 nitrogen and oxygen atoms in total. The Hall–Kier alpha value is -1.11. The van der Waals surface area contributed by atoms with E-state index in [9.17, 15) is 0 Å². The van der Waals surface area contributed by atoms with Crippen molar-refractivity contribution in [3.63, 3.8) is 0 Å². The lowest BCUT2D eigenvalue weighted by Gasteiger charge is -2.19. The maximum atomic E-state index is 5.81. The van der Waals surface area contributed by atoms with Gasteiger partial charge in [-0.1, -0.05) is 6.07 Å². The summed E-state index contributed by atoms with van der Waals surface area (Å²) in [6, 6.07) is 4.41. The van der Waals surface area contributed by atoms with Crippen LogP contribution in [-0.2, 0) is 6.42 Å². The third-order valence-electron chi connectivity index (χ3n) is 2.97. The van der Waals surface area contributed by atoms with E-state index in [0.29, 0.717) is 12.6 Å². The van der Waals surface area contributed by atoms with E-state index in [1.165, 1.54) is 4.88 Å². The van der Waals surface area contributed by atoms with E-state index >= 15 is 0 Å². The standard InChI is InChI=1S/C13H25N5S/c1-10(14)11(2)17-13(15)16-9-18(3)7-6-12-5-4-8-19-12/h4-5,8,10-11H,6-7,9,14H2,1-3H3,(H3,15,16,17). The summed E-state index contributed by atoms with van der Waals surface area (Å²) in [4.78, 5) is 7.84. The van der Waals surface area contributed by atoms with Crippen LogP contribution in [0.25, 0.3) is 0 Å². The maximum Gasteiger partial charge on any atom is 0.190 e. The van der Waals surface area contributed by atoms with Crippen LogP contribution in [0.4, 0.5) is 0 Å². The number of nitrogens with two attached hydrogens (primary N) is 2. The van der Waals surface area contributed by atoms with Gasteiger partial charge in [0.1, 0.15) is 0 Å². The summed E-state index contributed by atoms with van der Waals surface area (Å²) < 4.78 is 0. The Kier molecular flexibility index (Phi) is 6.83. The largest absolute Gasteiger partial charge is 0.370 e. The highest BCUT2D eigenvalue weighted by Crippen LogP contribution is 2.09. The van der Waals surface area contributed by atoms with Crippen LogP contribution in [0.2, 0.25) is 0 Å². The number of guanidine groups is 1. The minimum Gasteiger partial charge on any atom is -0.370 e. The fourth-order valence-electron chi connectivity index (χ4n) is 1.43. The van der Waals surface area contributed by atoms with Crippen molar-refractivity contribution in [1.29, 1.82) is 0 Å². The molecule has 0 saturated heterocycles. The van der Waals surface area contributed by atoms with Crippen molar-refractivity contribution in [2.24, 2.45) is 16.5 Å². The number of rotatable bonds is 7. The van der Waals surface area contributed by atoms with Gasteiger partial charge in [-0.3, -0.25) is 4.90 Å². The molecule has 2 atom stereocenters. The van der Waals surface area contributed by atoms with Gasteiger partial charge in [-0.15, -0.1) is 11.3 Å². The topological polar surface area (TPSA) is 79.7 Å². The molecule has 1 heterocycles. The number of nitrogens with one attached hydrogen (secondary N) is 1. The third-order valence-corrected chi connectivity index (χ3v) is 3.90. The molecule has 0 aliphatic heterocycles. The number of aliphatic imine (C=N–C) groups is 1. The molecule has 1 rings (SSSR count). The lowest BCUT2D eigenvalue weighted by atomic mass is 10.2. The fourth-order valence-corrected chi connectivity index (χ4v) is 2.13. The quantitative estimate of drug-likeness (QED) is 0.511. The summed E-state index contributed by atoms with van der Waals surface area (Å²) in [6.45, 7) is 5.50. The van der Waals surface area contributed by atoms with Gasteiger partial charge in [0.25, 0.3) is 0 Å². The number of hydrogen-bond donors (Lipinski definition) is 3. The van der Waals surface area contributed by atoms with Crippen molar-refractivity contribution in [1.82, 2.24) is 10.2 Å². The van der Waals surface area contributed by atoms with Crippen molar-refractivity contribution >= 4 is 17.3 Å². The molecule has 0 aliphatic rings. The first kappa shape index (κ1) is 15.9. The first-order valence-corrected chi connectivity index (χ1v) is 7.40. The minimum atomic E-state index is 0.0466. The van der Waals surface area contributed by atoms with E-state index in [-0.39, 0.29) is 12.1 Å². The van der Waals surface area contributed by atoms with Crippen LogP contribution in [0.5, 0.6) is 0 Å². The van der Waals surface area contributed by atoms with Gasteiger partial charge >= 0.3 is 0 Å². The highest BCUT2D eigenvalue weighted by atomic mass is 32.1. The molecule has 0 saturated carbocycles. The van der Waals surface area contributed by atoms with Gasteiger partial charge in [0.15, 0.2) is 5.96 Å². The number of likely N-dealkylation sites (N-methyl/N-ethyl adjacent to an activating group) is 1. The lowest BCUT2D eigenvalue weighted by molar-refractivity contribution is 0.350. The van der Waals surface area contributed by atoms with Crippen LogP contribution in [0.3, 0.4) is 0 Å². The minimum absolute atomic E-state index is 0.0466. The average molecular weight is 283 g/mol. The predicted octanol–water partition coefficient (Wildman–Crippen LogP) is 0.820. The van der Waals surface area contributed by atoms with Crippen molar-refractivity contribution in [3.05, 3.63) is 22.4 Å². The molecule has 19 heavy (non-hydrogen) atoms. The Bertz CT molecular complexity index is 374. The zero-order valence-electron chi connectivity index (χ0n) is 12.0. The SMILES string of the molecule is CC(N)C(C)NC(N)=NCN(C)CCc1cccs1. The summed E-state index contributed by atoms with van der Waals surface area (Å²) >= 11 is 1.79. The van der Waals surface area contributed by atoms with Gasteiger partial charge in [0.05, 0.1) is 6.67 Å². The molecule has 108 valence electrons. The molecule has 6 heteroatoms. The Balaban J connectivity index is 2.26. The summed E-state index contributed by atoms with van der Waals surface area (Å²) in [5.41, 5.74) is 11.6. The van der Waals surface area contributed by atoms with Crippen LogP contribution in [0.15, 0.2) is 22.5 Å². The Labute approximate surface area is 119 Å². The summed E-state index contributed by atoms with van der Waals surface area (Å²) in [7, 11) is 2.04. The van der Waals surface area contributed by atoms with Crippen molar-refractivity contribution in [3.8, 4) is 0 Å². The molecule has 5 N–H and O–H groups in total. The molecule has 0 aromatic carbocycles. The van der Waals surface area contributed by atoms with Crippen LogP contribution in [-0.4, -0.2) is 43.2 Å². The highest BCUT2D eigenvalue weighted by Gasteiger charge is 2.07. The Morgan fingerprint density at radius 1 is 1.53 bits per heavy atom. The van der Waals surface area contributed by atoms with E-state index < -0.39 is 0 Å². The predicted molar refractivity (Wildman–Crippen MR) is 83.4 cm³/mol. The van der Waals surface area contributed by atoms with E-state index in [2.05, 4.69) is 32.7 Å². The normalized spacial score (nSPS) is 15.5. The Morgan fingerprint density at radius 3 is 2.84 bits per heavy atom. The number of hydrogen-bond acceptors (Lipinski definition) is 4. The molecule has 0 radical (unpaired) electrons. The van der Waals surface area contributed by atoms with Gasteiger partial charge in [-0.05, 0) is 38.8 Å². The second-order valence-corrected chi connectivity index (χ2v) is 5.92. The molecule has 1 aromatic heterocycles. The molecule has 0 spiro atoms. The molecule has 0 aliphatic carbocycles. The van der Waals surface area contributed by atoms with Gasteiger partial charge in [-0.2, -0.15) is 0 Å². The molecular weight excluding hydrogens is 258 g/mol. The molecule has 0 fully saturated rings. The third kappa shape index (κ3) is 6.56. The zero-order valence-corrected chi connectivity index (χ0v) is 12.8. The molecule has 1 aromatic rings. The lowest BCUT2D eigenvalue weighted by Crippen LogP contribution is -2.47. The van der Waals surface area contributed by atoms with E-state index in [1.807, 2.05) is 20.9 Å². The molecule has 2 unspecified atom stereocenters. The summed E-state index contributed by atoms with van der Waals surface area (Å²) in [6.07, 6.45) is 1.05. The van der Waals surface area contributed by atoms with E-state index in [1.54, 1.807) is 11.3 Å². The van der Waals surface area contributed by atoms with Crippen LogP contribution < -0.4 is 16.8 Å². The molecule has 0 bridgehead atoms. The van der Waals surface area contributed by atoms with Crippen LogP contribution >= 0.6 is 11.3 Å². The second-order valence-electron chi connectivity index (χ2n) is 4.89. The van der Waals surface area contributed by atoms with Gasteiger partial charge in [-0.25, -0.2) is 4.99 Å². The van der Waals surface area contributed by atoms with E-state index in [4.69, 9.17) is 11.5 Å². The van der Waals surface area contributed by atoms with Gasteiger partial charge in [0.2, 0.25) is 0 Å². The van der Waals surface area contributed by atoms with Gasteiger partial charge < -0.3 is 16.8 Å².